The Hall–Kier alpha value is -3.20. The highest BCUT2D eigenvalue weighted by Gasteiger charge is 2.28. The monoisotopic (exact) mass is 359 g/mol. The maximum absolute atomic E-state index is 13.5. The molecule has 0 bridgehead atoms. The van der Waals surface area contributed by atoms with Gasteiger partial charge >= 0.3 is 0 Å². The zero-order chi connectivity index (χ0) is 17.8. The number of rotatable bonds is 1. The zero-order valence-corrected chi connectivity index (χ0v) is 13.3. The molecule has 0 atom stereocenters. The van der Waals surface area contributed by atoms with Gasteiger partial charge in [-0.1, -0.05) is 12.1 Å². The molecule has 0 aliphatic carbocycles. The Labute approximate surface area is 140 Å². The molecule has 1 aromatic heterocycles. The fourth-order valence-electron chi connectivity index (χ4n) is 2.69. The fourth-order valence-corrected chi connectivity index (χ4v) is 3.81. The molecule has 1 aliphatic rings. The Kier molecular flexibility index (Phi) is 3.16. The first-order chi connectivity index (χ1) is 11.9. The van der Waals surface area contributed by atoms with Gasteiger partial charge in [0, 0.05) is 5.39 Å². The number of H-pyrrole nitrogens is 1. The number of amidine groups is 1. The van der Waals surface area contributed by atoms with Gasteiger partial charge in [-0.2, -0.15) is 8.42 Å². The van der Waals surface area contributed by atoms with Crippen LogP contribution in [0.5, 0.6) is 5.75 Å². The average molecular weight is 359 g/mol. The van der Waals surface area contributed by atoms with Gasteiger partial charge in [0.1, 0.15) is 22.0 Å². The molecule has 0 saturated heterocycles. The van der Waals surface area contributed by atoms with Crippen molar-refractivity contribution in [2.75, 3.05) is 5.32 Å². The first kappa shape index (κ1) is 15.3. The first-order valence-corrected chi connectivity index (χ1v) is 8.57. The molecule has 0 amide bonds. The second-order valence-corrected chi connectivity index (χ2v) is 6.98. The molecule has 3 N–H and O–H groups in total. The molecule has 126 valence electrons. The van der Waals surface area contributed by atoms with Crippen molar-refractivity contribution < 1.29 is 17.9 Å². The Morgan fingerprint density at radius 2 is 1.88 bits per heavy atom. The van der Waals surface area contributed by atoms with Crippen LogP contribution in [-0.4, -0.2) is 24.3 Å². The summed E-state index contributed by atoms with van der Waals surface area (Å²) in [5.41, 5.74) is -0.688. The third-order valence-corrected chi connectivity index (χ3v) is 5.15. The van der Waals surface area contributed by atoms with Crippen LogP contribution in [0.2, 0.25) is 0 Å². The summed E-state index contributed by atoms with van der Waals surface area (Å²) in [4.78, 5) is 14.8. The van der Waals surface area contributed by atoms with E-state index in [4.69, 9.17) is 0 Å². The first-order valence-electron chi connectivity index (χ1n) is 7.13. The predicted molar refractivity (Wildman–Crippen MR) is 90.0 cm³/mol. The molecule has 1 aliphatic heterocycles. The number of hydrogen-bond donors (Lipinski definition) is 3. The van der Waals surface area contributed by atoms with E-state index < -0.39 is 27.1 Å². The van der Waals surface area contributed by atoms with Gasteiger partial charge < -0.3 is 15.4 Å². The van der Waals surface area contributed by atoms with Crippen LogP contribution in [0.1, 0.15) is 5.56 Å². The Morgan fingerprint density at radius 3 is 2.68 bits per heavy atom. The van der Waals surface area contributed by atoms with Crippen molar-refractivity contribution in [2.45, 2.75) is 4.90 Å². The molecular formula is C16H10FN3O4S. The van der Waals surface area contributed by atoms with Crippen LogP contribution in [0.25, 0.3) is 10.9 Å². The van der Waals surface area contributed by atoms with Gasteiger partial charge in [0.2, 0.25) is 0 Å². The Bertz CT molecular complexity index is 1230. The SMILES string of the molecule is O=c1[nH]c2ccc(F)cc2c(O)c1C1=NS(=O)(=O)c2ccccc2N1. The molecule has 2 heterocycles. The normalized spacial score (nSPS) is 15.3. The number of hydrogen-bond acceptors (Lipinski definition) is 5. The van der Waals surface area contributed by atoms with Gasteiger partial charge in [-0.05, 0) is 30.3 Å². The van der Waals surface area contributed by atoms with Crippen LogP contribution < -0.4 is 10.9 Å². The molecule has 3 aromatic rings. The van der Waals surface area contributed by atoms with Gasteiger partial charge in [-0.25, -0.2) is 4.39 Å². The highest BCUT2D eigenvalue weighted by atomic mass is 32.2. The third-order valence-electron chi connectivity index (χ3n) is 3.82. The van der Waals surface area contributed by atoms with Gasteiger partial charge in [-0.15, -0.1) is 4.40 Å². The van der Waals surface area contributed by atoms with E-state index in [-0.39, 0.29) is 32.9 Å². The largest absolute Gasteiger partial charge is 0.506 e. The van der Waals surface area contributed by atoms with Crippen LogP contribution in [0.4, 0.5) is 10.1 Å². The van der Waals surface area contributed by atoms with Gasteiger partial charge in [0.05, 0.1) is 11.2 Å². The average Bonchev–Trinajstić information content (AvgIpc) is 2.55. The minimum Gasteiger partial charge on any atom is -0.506 e. The van der Waals surface area contributed by atoms with Crippen LogP contribution in [0.15, 0.2) is 56.6 Å². The molecule has 25 heavy (non-hydrogen) atoms. The lowest BCUT2D eigenvalue weighted by Crippen LogP contribution is -2.28. The number of sulfonamides is 1. The molecule has 0 saturated carbocycles. The number of halogens is 1. The summed E-state index contributed by atoms with van der Waals surface area (Å²) in [5, 5.41) is 13.2. The number of aromatic nitrogens is 1. The minimum atomic E-state index is -4.05. The number of anilines is 1. The molecule has 0 spiro atoms. The quantitative estimate of drug-likeness (QED) is 0.615. The van der Waals surface area contributed by atoms with Crippen molar-refractivity contribution >= 4 is 32.4 Å². The Morgan fingerprint density at radius 1 is 1.12 bits per heavy atom. The smallest absolute Gasteiger partial charge is 0.286 e. The molecule has 0 fully saturated rings. The zero-order valence-electron chi connectivity index (χ0n) is 12.4. The topological polar surface area (TPSA) is 112 Å². The van der Waals surface area contributed by atoms with Crippen LogP contribution >= 0.6 is 0 Å². The lowest BCUT2D eigenvalue weighted by molar-refractivity contribution is 0.479. The predicted octanol–water partition coefficient (Wildman–Crippen LogP) is 1.93. The molecule has 4 rings (SSSR count). The summed E-state index contributed by atoms with van der Waals surface area (Å²) < 4.78 is 41.7. The van der Waals surface area contributed by atoms with Crippen LogP contribution in [0, 0.1) is 5.82 Å². The number of fused-ring (bicyclic) bond motifs is 2. The second kappa shape index (κ2) is 5.15. The molecule has 0 unspecified atom stereocenters. The summed E-state index contributed by atoms with van der Waals surface area (Å²) in [6, 6.07) is 9.51. The summed E-state index contributed by atoms with van der Waals surface area (Å²) in [6.45, 7) is 0. The highest BCUT2D eigenvalue weighted by molar-refractivity contribution is 7.90. The van der Waals surface area contributed by atoms with E-state index in [0.717, 1.165) is 12.1 Å². The fraction of sp³-hybridized carbons (Fsp3) is 0. The molecule has 7 nitrogen and oxygen atoms in total. The number of nitrogens with zero attached hydrogens (tertiary/aromatic N) is 1. The maximum Gasteiger partial charge on any atom is 0.286 e. The summed E-state index contributed by atoms with van der Waals surface area (Å²) >= 11 is 0. The number of nitrogens with one attached hydrogen (secondary N) is 2. The number of pyridine rings is 1. The van der Waals surface area contributed by atoms with E-state index in [2.05, 4.69) is 14.7 Å². The maximum atomic E-state index is 13.5. The van der Waals surface area contributed by atoms with E-state index in [1.54, 1.807) is 12.1 Å². The van der Waals surface area contributed by atoms with E-state index in [9.17, 15) is 22.7 Å². The van der Waals surface area contributed by atoms with E-state index in [0.29, 0.717) is 0 Å². The molecule has 2 aromatic carbocycles. The highest BCUT2D eigenvalue weighted by Crippen LogP contribution is 2.31. The van der Waals surface area contributed by atoms with E-state index in [1.807, 2.05) is 0 Å². The molecular weight excluding hydrogens is 349 g/mol. The van der Waals surface area contributed by atoms with E-state index >= 15 is 0 Å². The third kappa shape index (κ3) is 2.36. The van der Waals surface area contributed by atoms with Crippen molar-refractivity contribution in [2.24, 2.45) is 4.40 Å². The van der Waals surface area contributed by atoms with Gasteiger partial charge in [-0.3, -0.25) is 4.79 Å². The van der Waals surface area contributed by atoms with Gasteiger partial charge in [0.25, 0.3) is 15.6 Å². The van der Waals surface area contributed by atoms with Crippen molar-refractivity contribution in [3.05, 3.63) is 64.2 Å². The second-order valence-electron chi connectivity index (χ2n) is 5.40. The lowest BCUT2D eigenvalue weighted by atomic mass is 10.1. The number of para-hydroxylation sites is 1. The van der Waals surface area contributed by atoms with Crippen LogP contribution in [0.3, 0.4) is 0 Å². The standard InChI is InChI=1S/C16H10FN3O4S/c17-8-5-6-10-9(7-8)14(21)13(16(22)19-10)15-18-11-3-1-2-4-12(11)25(23,24)20-15/h1-7H,(H,18,20)(H2,19,21,22). The van der Waals surface area contributed by atoms with Crippen LogP contribution in [-0.2, 0) is 10.0 Å². The molecule has 0 radical (unpaired) electrons. The van der Waals surface area contributed by atoms with Crippen molar-refractivity contribution in [3.8, 4) is 5.75 Å². The van der Waals surface area contributed by atoms with Crippen molar-refractivity contribution in [3.63, 3.8) is 0 Å². The van der Waals surface area contributed by atoms with Crippen molar-refractivity contribution in [1.29, 1.82) is 0 Å². The molecule has 9 heteroatoms. The van der Waals surface area contributed by atoms with Gasteiger partial charge in [0.15, 0.2) is 5.84 Å². The minimum absolute atomic E-state index is 0.0374. The summed E-state index contributed by atoms with van der Waals surface area (Å²) in [7, 11) is -4.05. The van der Waals surface area contributed by atoms with Crippen molar-refractivity contribution in [1.82, 2.24) is 4.98 Å². The van der Waals surface area contributed by atoms with E-state index in [1.165, 1.54) is 18.2 Å². The number of benzene rings is 2. The summed E-state index contributed by atoms with van der Waals surface area (Å²) in [6.07, 6.45) is 0. The number of aromatic amines is 1. The lowest BCUT2D eigenvalue weighted by Gasteiger charge is -2.18. The summed E-state index contributed by atoms with van der Waals surface area (Å²) in [5.74, 6) is -1.50. The number of aromatic hydroxyl groups is 1. The Balaban J connectivity index is 2.00.